The van der Waals surface area contributed by atoms with Crippen molar-refractivity contribution in [1.29, 1.82) is 0 Å². The molecule has 0 spiro atoms. The molecule has 7 nitrogen and oxygen atoms in total. The van der Waals surface area contributed by atoms with Crippen LogP contribution in [0.4, 0.5) is 5.95 Å². The van der Waals surface area contributed by atoms with Crippen LogP contribution in [0.5, 0.6) is 5.75 Å². The molecular weight excluding hydrogens is 508 g/mol. The first kappa shape index (κ1) is 28.7. The van der Waals surface area contributed by atoms with E-state index in [0.717, 1.165) is 47.6 Å². The molecule has 8 heteroatoms. The summed E-state index contributed by atoms with van der Waals surface area (Å²) in [4.78, 5) is 17.9. The fraction of sp³-hybridized carbons (Fsp3) is 0.452. The summed E-state index contributed by atoms with van der Waals surface area (Å²) in [5.41, 5.74) is 4.73. The second-order valence-electron chi connectivity index (χ2n) is 10.9. The summed E-state index contributed by atoms with van der Waals surface area (Å²) in [6.45, 7) is 13.6. The summed E-state index contributed by atoms with van der Waals surface area (Å²) >= 11 is 1.61. The number of thioether (sulfide) groups is 1. The van der Waals surface area contributed by atoms with Crippen molar-refractivity contribution in [3.8, 4) is 5.75 Å². The first-order chi connectivity index (χ1) is 18.7. The number of fused-ring (bicyclic) bond motifs is 1. The lowest BCUT2D eigenvalue weighted by atomic mass is 9.87. The Morgan fingerprint density at radius 3 is 2.41 bits per heavy atom. The maximum Gasteiger partial charge on any atom is 0.338 e. The monoisotopic (exact) mass is 548 g/mol. The fourth-order valence-corrected chi connectivity index (χ4v) is 5.04. The van der Waals surface area contributed by atoms with Crippen molar-refractivity contribution in [2.75, 3.05) is 17.7 Å². The SMILES string of the molecule is CCCCOC(=O)C1=C(C)Nc2nc(SCCC)nn2C1c1ccc(OCc2ccc(C(C)(C)C)cc2)cc1. The molecule has 3 aromatic rings. The average Bonchev–Trinajstić information content (AvgIpc) is 3.32. The molecule has 39 heavy (non-hydrogen) atoms. The normalized spacial score (nSPS) is 15.1. The molecule has 4 rings (SSSR count). The van der Waals surface area contributed by atoms with Gasteiger partial charge in [-0.05, 0) is 54.0 Å². The summed E-state index contributed by atoms with van der Waals surface area (Å²) in [5.74, 6) is 1.98. The van der Waals surface area contributed by atoms with E-state index in [1.165, 1.54) is 5.56 Å². The minimum Gasteiger partial charge on any atom is -0.489 e. The number of allylic oxidation sites excluding steroid dienone is 1. The van der Waals surface area contributed by atoms with Gasteiger partial charge in [0.25, 0.3) is 0 Å². The van der Waals surface area contributed by atoms with Crippen molar-refractivity contribution < 1.29 is 14.3 Å². The molecular formula is C31H40N4O3S. The van der Waals surface area contributed by atoms with Gasteiger partial charge in [0.2, 0.25) is 11.1 Å². The lowest BCUT2D eigenvalue weighted by molar-refractivity contribution is -0.139. The molecule has 0 fully saturated rings. The van der Waals surface area contributed by atoms with Gasteiger partial charge in [0.05, 0.1) is 12.2 Å². The van der Waals surface area contributed by atoms with Gasteiger partial charge in [-0.3, -0.25) is 0 Å². The molecule has 2 aromatic carbocycles. The molecule has 0 aliphatic carbocycles. The third-order valence-corrected chi connectivity index (χ3v) is 7.68. The molecule has 0 bridgehead atoms. The third-order valence-electron chi connectivity index (χ3n) is 6.64. The van der Waals surface area contributed by atoms with Gasteiger partial charge in [-0.1, -0.05) is 89.2 Å². The van der Waals surface area contributed by atoms with Crippen LogP contribution in [0.25, 0.3) is 0 Å². The highest BCUT2D eigenvalue weighted by Crippen LogP contribution is 2.37. The minimum absolute atomic E-state index is 0.122. The molecule has 0 saturated heterocycles. The van der Waals surface area contributed by atoms with Gasteiger partial charge in [0.1, 0.15) is 18.4 Å². The number of unbranched alkanes of at least 4 members (excludes halogenated alkanes) is 1. The Kier molecular flexibility index (Phi) is 9.38. The molecule has 0 radical (unpaired) electrons. The summed E-state index contributed by atoms with van der Waals surface area (Å²) in [7, 11) is 0. The summed E-state index contributed by atoms with van der Waals surface area (Å²) in [6.07, 6.45) is 2.81. The van der Waals surface area contributed by atoms with Crippen LogP contribution in [0.1, 0.15) is 83.5 Å². The fourth-order valence-electron chi connectivity index (χ4n) is 4.36. The first-order valence-electron chi connectivity index (χ1n) is 13.8. The number of esters is 1. The molecule has 208 valence electrons. The smallest absolute Gasteiger partial charge is 0.338 e. The van der Waals surface area contributed by atoms with Gasteiger partial charge in [-0.15, -0.1) is 5.10 Å². The quantitative estimate of drug-likeness (QED) is 0.153. The number of aromatic nitrogens is 3. The van der Waals surface area contributed by atoms with Crippen LogP contribution >= 0.6 is 11.8 Å². The number of nitrogens with zero attached hydrogens (tertiary/aromatic N) is 3. The first-order valence-corrected chi connectivity index (χ1v) is 14.8. The highest BCUT2D eigenvalue weighted by atomic mass is 32.2. The molecule has 2 heterocycles. The van der Waals surface area contributed by atoms with Crippen LogP contribution in [-0.4, -0.2) is 33.1 Å². The highest BCUT2D eigenvalue weighted by Gasteiger charge is 2.35. The summed E-state index contributed by atoms with van der Waals surface area (Å²) < 4.78 is 13.5. The number of hydrogen-bond acceptors (Lipinski definition) is 7. The Morgan fingerprint density at radius 1 is 1.05 bits per heavy atom. The van der Waals surface area contributed by atoms with Crippen LogP contribution in [0.15, 0.2) is 65.0 Å². The Labute approximate surface area is 236 Å². The number of hydrogen-bond donors (Lipinski definition) is 1. The third kappa shape index (κ3) is 7.04. The molecule has 1 aliphatic rings. The Hall–Kier alpha value is -3.26. The van der Waals surface area contributed by atoms with E-state index in [9.17, 15) is 4.79 Å². The average molecular weight is 549 g/mol. The molecule has 1 N–H and O–H groups in total. The number of carbonyl (C=O) groups excluding carboxylic acids is 1. The van der Waals surface area contributed by atoms with Crippen LogP contribution in [0.3, 0.4) is 0 Å². The van der Waals surface area contributed by atoms with E-state index in [1.807, 2.05) is 31.2 Å². The van der Waals surface area contributed by atoms with E-state index in [-0.39, 0.29) is 11.4 Å². The predicted octanol–water partition coefficient (Wildman–Crippen LogP) is 7.29. The van der Waals surface area contributed by atoms with Crippen molar-refractivity contribution in [1.82, 2.24) is 14.8 Å². The van der Waals surface area contributed by atoms with E-state index in [2.05, 4.69) is 69.2 Å². The maximum absolute atomic E-state index is 13.3. The van der Waals surface area contributed by atoms with Crippen LogP contribution < -0.4 is 10.1 Å². The highest BCUT2D eigenvalue weighted by molar-refractivity contribution is 7.99. The summed E-state index contributed by atoms with van der Waals surface area (Å²) in [6, 6.07) is 16.0. The van der Waals surface area contributed by atoms with Crippen molar-refractivity contribution >= 4 is 23.7 Å². The van der Waals surface area contributed by atoms with Crippen molar-refractivity contribution in [3.05, 3.63) is 76.5 Å². The van der Waals surface area contributed by atoms with Crippen LogP contribution in [0.2, 0.25) is 0 Å². The molecule has 0 amide bonds. The topological polar surface area (TPSA) is 78.3 Å². The van der Waals surface area contributed by atoms with Crippen molar-refractivity contribution in [3.63, 3.8) is 0 Å². The number of nitrogens with one attached hydrogen (secondary N) is 1. The zero-order valence-corrected chi connectivity index (χ0v) is 24.7. The van der Waals surface area contributed by atoms with E-state index in [0.29, 0.717) is 29.9 Å². The lowest BCUT2D eigenvalue weighted by Gasteiger charge is -2.28. The molecule has 1 aliphatic heterocycles. The molecule has 1 unspecified atom stereocenters. The van der Waals surface area contributed by atoms with E-state index < -0.39 is 6.04 Å². The van der Waals surface area contributed by atoms with Gasteiger partial charge in [-0.25, -0.2) is 9.48 Å². The molecule has 1 atom stereocenters. The van der Waals surface area contributed by atoms with Gasteiger partial charge in [0, 0.05) is 11.4 Å². The maximum atomic E-state index is 13.3. The number of anilines is 1. The Bertz CT molecular complexity index is 1290. The van der Waals surface area contributed by atoms with Gasteiger partial charge in [-0.2, -0.15) is 4.98 Å². The second kappa shape index (κ2) is 12.7. The van der Waals surface area contributed by atoms with E-state index >= 15 is 0 Å². The van der Waals surface area contributed by atoms with Crippen LogP contribution in [-0.2, 0) is 21.6 Å². The molecule has 0 saturated carbocycles. The van der Waals surface area contributed by atoms with Gasteiger partial charge < -0.3 is 14.8 Å². The lowest BCUT2D eigenvalue weighted by Crippen LogP contribution is -2.29. The largest absolute Gasteiger partial charge is 0.489 e. The second-order valence-corrected chi connectivity index (χ2v) is 11.9. The standard InChI is InChI=1S/C31H40N4O3S/c1-7-9-18-37-28(36)26-21(3)32-29-33-30(39-19-8-2)34-35(29)27(26)23-12-16-25(17-13-23)38-20-22-10-14-24(15-11-22)31(4,5)6/h10-17,27H,7-9,18-20H2,1-6H3,(H,32,33,34). The van der Waals surface area contributed by atoms with Gasteiger partial charge in [0.15, 0.2) is 0 Å². The zero-order valence-electron chi connectivity index (χ0n) is 23.9. The van der Waals surface area contributed by atoms with Crippen LogP contribution in [0, 0.1) is 0 Å². The number of benzene rings is 2. The van der Waals surface area contributed by atoms with Gasteiger partial charge >= 0.3 is 5.97 Å². The number of ether oxygens (including phenoxy) is 2. The summed E-state index contributed by atoms with van der Waals surface area (Å²) in [5, 5.41) is 8.73. The van der Waals surface area contributed by atoms with E-state index in [4.69, 9.17) is 14.6 Å². The van der Waals surface area contributed by atoms with E-state index in [1.54, 1.807) is 16.4 Å². The Balaban J connectivity index is 1.56. The Morgan fingerprint density at radius 2 is 1.77 bits per heavy atom. The molecule has 1 aromatic heterocycles. The van der Waals surface area contributed by atoms with Crippen molar-refractivity contribution in [2.24, 2.45) is 0 Å². The predicted molar refractivity (Wildman–Crippen MR) is 157 cm³/mol. The minimum atomic E-state index is -0.446. The zero-order chi connectivity index (χ0) is 28.0. The van der Waals surface area contributed by atoms with Crippen molar-refractivity contribution in [2.45, 2.75) is 84.0 Å². The number of rotatable bonds is 11. The number of carbonyl (C=O) groups is 1.